The molecule has 2 aromatic carbocycles. The van der Waals surface area contributed by atoms with Crippen molar-refractivity contribution in [3.63, 3.8) is 0 Å². The molecule has 0 atom stereocenters. The maximum atomic E-state index is 3.23. The number of allylic oxidation sites excluding steroid dienone is 8. The van der Waals surface area contributed by atoms with Gasteiger partial charge in [0.25, 0.3) is 0 Å². The molecule has 0 nitrogen and oxygen atoms in total. The second-order valence-electron chi connectivity index (χ2n) is 6.47. The first-order chi connectivity index (χ1) is 13.8. The minimum absolute atomic E-state index is 0. The zero-order valence-electron chi connectivity index (χ0n) is 17.7. The zero-order chi connectivity index (χ0) is 20.0. The second-order valence-corrected chi connectivity index (χ2v) is 8.27. The van der Waals surface area contributed by atoms with E-state index in [0.717, 1.165) is 36.7 Å². The predicted octanol–water partition coefficient (Wildman–Crippen LogP) is 0.982. The normalized spacial score (nSPS) is 12.8. The Morgan fingerprint density at radius 1 is 0.833 bits per heavy atom. The van der Waals surface area contributed by atoms with Crippen LogP contribution in [0.25, 0.3) is 0 Å². The fourth-order valence-electron chi connectivity index (χ4n) is 2.93. The molecule has 3 heteroatoms. The van der Waals surface area contributed by atoms with Crippen LogP contribution in [-0.4, -0.2) is 3.26 Å². The van der Waals surface area contributed by atoms with Crippen molar-refractivity contribution in [3.05, 3.63) is 119 Å². The molecule has 0 bridgehead atoms. The molecule has 0 saturated carbocycles. The van der Waals surface area contributed by atoms with Gasteiger partial charge in [-0.3, -0.25) is 12.2 Å². The molecule has 0 spiro atoms. The molecule has 0 amide bonds. The van der Waals surface area contributed by atoms with Gasteiger partial charge in [0, 0.05) is 0 Å². The van der Waals surface area contributed by atoms with Crippen LogP contribution in [0.2, 0.25) is 0 Å². The van der Waals surface area contributed by atoms with Gasteiger partial charge in [-0.05, 0) is 0 Å². The molecule has 0 fully saturated rings. The van der Waals surface area contributed by atoms with Crippen LogP contribution in [0.1, 0.15) is 50.7 Å². The summed E-state index contributed by atoms with van der Waals surface area (Å²) in [7, 11) is 0. The molecule has 2 aromatic rings. The number of rotatable bonds is 4. The molecule has 0 aliphatic heterocycles. The molecule has 30 heavy (non-hydrogen) atoms. The van der Waals surface area contributed by atoms with Crippen LogP contribution in [0.4, 0.5) is 0 Å². The van der Waals surface area contributed by atoms with Gasteiger partial charge in [-0.25, -0.2) is 18.2 Å². The van der Waals surface area contributed by atoms with Crippen LogP contribution in [0.3, 0.4) is 0 Å². The van der Waals surface area contributed by atoms with E-state index in [1.54, 1.807) is 5.57 Å². The topological polar surface area (TPSA) is 0 Å². The average molecular weight is 602 g/mol. The van der Waals surface area contributed by atoms with E-state index in [0.29, 0.717) is 0 Å². The molecule has 0 aromatic heterocycles. The standard InChI is InChI=1S/C13H10.C9H13.C5H5.2ClH.Hf/c1-3-7-12(8-4-1)11-13-9-5-2-6-10-13;1-3-8-6-5-7-9(8)4-2;1-2-4-5-3-1;;;/h1-10H;6H,3-4,7H2,1-2H3;1-3H,4H2;2*1H;/q;2*-1;;;+2/p-2. The first-order valence-electron chi connectivity index (χ1n) is 9.94. The van der Waals surface area contributed by atoms with E-state index in [9.17, 15) is 0 Å². The van der Waals surface area contributed by atoms with Gasteiger partial charge in [0.2, 0.25) is 0 Å². The summed E-state index contributed by atoms with van der Waals surface area (Å²) in [5.41, 5.74) is 5.80. The van der Waals surface area contributed by atoms with E-state index in [4.69, 9.17) is 0 Å². The van der Waals surface area contributed by atoms with Gasteiger partial charge in [0.05, 0.1) is 0 Å². The second kappa shape index (κ2) is 17.4. The SMILES string of the molecule is CCC1=C(CC)C[C-]=C1.[C-]1=CC=CC1.[Cl-].[Cl-].[Hf+2]=[C](c1ccccc1)c1ccccc1. The summed E-state index contributed by atoms with van der Waals surface area (Å²) in [4.78, 5) is 0. The van der Waals surface area contributed by atoms with E-state index >= 15 is 0 Å². The van der Waals surface area contributed by atoms with Crippen molar-refractivity contribution in [1.82, 2.24) is 0 Å². The quantitative estimate of drug-likeness (QED) is 0.362. The van der Waals surface area contributed by atoms with E-state index < -0.39 is 0 Å². The third-order valence-electron chi connectivity index (χ3n) is 4.56. The summed E-state index contributed by atoms with van der Waals surface area (Å²) in [6.45, 7) is 4.42. The van der Waals surface area contributed by atoms with Crippen LogP contribution >= 0.6 is 0 Å². The van der Waals surface area contributed by atoms with Gasteiger partial charge in [-0.1, -0.05) is 26.7 Å². The van der Waals surface area contributed by atoms with Crippen molar-refractivity contribution in [1.29, 1.82) is 0 Å². The summed E-state index contributed by atoms with van der Waals surface area (Å²) in [5.74, 6) is 0. The Labute approximate surface area is 209 Å². The summed E-state index contributed by atoms with van der Waals surface area (Å²) < 4.78 is 1.46. The van der Waals surface area contributed by atoms with Gasteiger partial charge in [-0.2, -0.15) is 17.2 Å². The first-order valence-corrected chi connectivity index (χ1v) is 11.7. The molecule has 0 N–H and O–H groups in total. The molecular weight excluding hydrogens is 574 g/mol. The molecular formula is C27H28Cl2Hf-2. The third kappa shape index (κ3) is 10.2. The third-order valence-corrected chi connectivity index (χ3v) is 6.64. The molecule has 0 saturated heterocycles. The van der Waals surface area contributed by atoms with Crippen molar-refractivity contribution >= 4 is 3.26 Å². The predicted molar refractivity (Wildman–Crippen MR) is 118 cm³/mol. The Hall–Kier alpha value is -1.28. The van der Waals surface area contributed by atoms with Crippen molar-refractivity contribution in [2.24, 2.45) is 0 Å². The summed E-state index contributed by atoms with van der Waals surface area (Å²) in [6.07, 6.45) is 18.8. The average Bonchev–Trinajstić information content (AvgIpc) is 3.49. The van der Waals surface area contributed by atoms with Crippen molar-refractivity contribution in [3.8, 4) is 0 Å². The zero-order valence-corrected chi connectivity index (χ0v) is 22.8. The van der Waals surface area contributed by atoms with Crippen molar-refractivity contribution in [2.45, 2.75) is 39.5 Å². The summed E-state index contributed by atoms with van der Waals surface area (Å²) >= 11 is 1.08. The van der Waals surface area contributed by atoms with E-state index in [-0.39, 0.29) is 24.8 Å². The van der Waals surface area contributed by atoms with Gasteiger partial charge in [-0.15, -0.1) is 12.8 Å². The molecule has 156 valence electrons. The Bertz CT molecular complexity index is 795. The van der Waals surface area contributed by atoms with Gasteiger partial charge in [0.1, 0.15) is 0 Å². The number of halogens is 2. The minimum atomic E-state index is 0. The van der Waals surface area contributed by atoms with Crippen LogP contribution in [0.5, 0.6) is 0 Å². The van der Waals surface area contributed by atoms with Crippen molar-refractivity contribution < 1.29 is 48.7 Å². The maximum absolute atomic E-state index is 3.23. The summed E-state index contributed by atoms with van der Waals surface area (Å²) in [6, 6.07) is 21.2. The molecule has 2 aliphatic carbocycles. The fraction of sp³-hybridized carbons (Fsp3) is 0.222. The van der Waals surface area contributed by atoms with Crippen LogP contribution in [0, 0.1) is 12.2 Å². The van der Waals surface area contributed by atoms with Crippen LogP contribution in [-0.2, 0) is 23.9 Å². The van der Waals surface area contributed by atoms with E-state index in [2.05, 4.69) is 98.8 Å². The molecule has 0 unspecified atom stereocenters. The Balaban J connectivity index is 0.000000454. The molecule has 0 heterocycles. The van der Waals surface area contributed by atoms with Gasteiger partial charge < -0.3 is 24.8 Å². The Kier molecular flexibility index (Phi) is 16.7. The first kappa shape index (κ1) is 28.7. The van der Waals surface area contributed by atoms with Crippen LogP contribution < -0.4 is 24.8 Å². The number of hydrogen-bond acceptors (Lipinski definition) is 0. The van der Waals surface area contributed by atoms with E-state index in [1.165, 1.54) is 32.8 Å². The molecule has 4 rings (SSSR count). The van der Waals surface area contributed by atoms with E-state index in [1.807, 2.05) is 12.2 Å². The van der Waals surface area contributed by atoms with Crippen molar-refractivity contribution in [2.75, 3.05) is 0 Å². The molecule has 0 radical (unpaired) electrons. The number of hydrogen-bond donors (Lipinski definition) is 0. The Morgan fingerprint density at radius 2 is 1.40 bits per heavy atom. The van der Waals surface area contributed by atoms with Gasteiger partial charge >= 0.3 is 98.9 Å². The monoisotopic (exact) mass is 602 g/mol. The molecule has 2 aliphatic rings. The summed E-state index contributed by atoms with van der Waals surface area (Å²) in [5, 5.41) is 0. The van der Waals surface area contributed by atoms with Crippen LogP contribution in [0.15, 0.2) is 96.1 Å². The Morgan fingerprint density at radius 3 is 1.73 bits per heavy atom. The fourth-order valence-corrected chi connectivity index (χ4v) is 4.13. The van der Waals surface area contributed by atoms with Gasteiger partial charge in [0.15, 0.2) is 0 Å². The number of benzene rings is 2.